The van der Waals surface area contributed by atoms with Crippen molar-refractivity contribution < 1.29 is 5.11 Å². The van der Waals surface area contributed by atoms with Crippen molar-refractivity contribution in [1.82, 2.24) is 10.3 Å². The number of anilines is 1. The number of nitrogens with one attached hydrogen (secondary N) is 1. The third kappa shape index (κ3) is 4.05. The standard InChI is InChI=1S/C22H31N3OS/c1-15-3-4-16(2)20-13-17(5-6-19(15)20)21-14-27-22(24-21)25-10-7-18(8-11-25)23-9-12-26/h5-6,13-16,18,23,26H,3-4,7-12H2,1-2H3. The lowest BCUT2D eigenvalue weighted by Crippen LogP contribution is -2.43. The van der Waals surface area contributed by atoms with Gasteiger partial charge in [-0.2, -0.15) is 0 Å². The number of nitrogens with zero attached hydrogens (tertiary/aromatic N) is 2. The lowest BCUT2D eigenvalue weighted by atomic mass is 9.77. The van der Waals surface area contributed by atoms with E-state index in [1.54, 1.807) is 11.3 Å². The molecule has 0 saturated carbocycles. The fraction of sp³-hybridized carbons (Fsp3) is 0.591. The number of thiazole rings is 1. The monoisotopic (exact) mass is 385 g/mol. The van der Waals surface area contributed by atoms with Crippen molar-refractivity contribution in [3.63, 3.8) is 0 Å². The van der Waals surface area contributed by atoms with Crippen LogP contribution >= 0.6 is 11.3 Å². The quantitative estimate of drug-likeness (QED) is 0.803. The molecule has 1 fully saturated rings. The van der Waals surface area contributed by atoms with E-state index in [4.69, 9.17) is 10.1 Å². The molecule has 0 radical (unpaired) electrons. The van der Waals surface area contributed by atoms with Crippen molar-refractivity contribution in [3.05, 3.63) is 34.7 Å². The van der Waals surface area contributed by atoms with Gasteiger partial charge in [0, 0.05) is 36.6 Å². The lowest BCUT2D eigenvalue weighted by Gasteiger charge is -2.32. The Morgan fingerprint density at radius 2 is 1.85 bits per heavy atom. The molecule has 1 saturated heterocycles. The highest BCUT2D eigenvalue weighted by Crippen LogP contribution is 2.40. The number of aliphatic hydroxyl groups is 1. The number of benzene rings is 1. The van der Waals surface area contributed by atoms with Crippen molar-refractivity contribution in [3.8, 4) is 11.3 Å². The fourth-order valence-electron chi connectivity index (χ4n) is 4.51. The molecule has 5 heteroatoms. The van der Waals surface area contributed by atoms with E-state index in [1.807, 2.05) is 0 Å². The van der Waals surface area contributed by atoms with Crippen molar-refractivity contribution >= 4 is 16.5 Å². The minimum atomic E-state index is 0.216. The highest BCUT2D eigenvalue weighted by atomic mass is 32.1. The Hall–Kier alpha value is -1.43. The van der Waals surface area contributed by atoms with Gasteiger partial charge in [-0.15, -0.1) is 11.3 Å². The van der Waals surface area contributed by atoms with Crippen molar-refractivity contribution in [2.24, 2.45) is 0 Å². The van der Waals surface area contributed by atoms with Gasteiger partial charge in [0.05, 0.1) is 12.3 Å². The second-order valence-corrected chi connectivity index (χ2v) is 9.01. The van der Waals surface area contributed by atoms with Crippen LogP contribution in [0, 0.1) is 0 Å². The van der Waals surface area contributed by atoms with E-state index >= 15 is 0 Å². The molecule has 2 unspecified atom stereocenters. The minimum absolute atomic E-state index is 0.216. The lowest BCUT2D eigenvalue weighted by molar-refractivity contribution is 0.277. The summed E-state index contributed by atoms with van der Waals surface area (Å²) in [7, 11) is 0. The summed E-state index contributed by atoms with van der Waals surface area (Å²) < 4.78 is 0. The van der Waals surface area contributed by atoms with E-state index < -0.39 is 0 Å². The van der Waals surface area contributed by atoms with Crippen LogP contribution in [0.5, 0.6) is 0 Å². The van der Waals surface area contributed by atoms with Crippen LogP contribution in [0.3, 0.4) is 0 Å². The molecule has 1 aromatic carbocycles. The molecule has 2 aliphatic rings. The maximum Gasteiger partial charge on any atom is 0.185 e. The third-order valence-electron chi connectivity index (χ3n) is 6.28. The summed E-state index contributed by atoms with van der Waals surface area (Å²) >= 11 is 1.76. The van der Waals surface area contributed by atoms with Gasteiger partial charge >= 0.3 is 0 Å². The number of piperidine rings is 1. The van der Waals surface area contributed by atoms with Crippen molar-refractivity contribution in [2.75, 3.05) is 31.1 Å². The van der Waals surface area contributed by atoms with Crippen molar-refractivity contribution in [2.45, 2.75) is 57.4 Å². The summed E-state index contributed by atoms with van der Waals surface area (Å²) in [6.45, 7) is 7.69. The van der Waals surface area contributed by atoms with Crippen LogP contribution in [0.15, 0.2) is 23.6 Å². The van der Waals surface area contributed by atoms with Crippen LogP contribution in [0.2, 0.25) is 0 Å². The second kappa shape index (κ2) is 8.29. The highest BCUT2D eigenvalue weighted by molar-refractivity contribution is 7.14. The van der Waals surface area contributed by atoms with Gasteiger partial charge in [0.25, 0.3) is 0 Å². The summed E-state index contributed by atoms with van der Waals surface area (Å²) in [5, 5.41) is 15.7. The molecule has 2 atom stereocenters. The zero-order valence-electron chi connectivity index (χ0n) is 16.4. The number of hydrogen-bond donors (Lipinski definition) is 2. The van der Waals surface area contributed by atoms with Crippen LogP contribution in [-0.4, -0.2) is 42.4 Å². The Balaban J connectivity index is 1.46. The van der Waals surface area contributed by atoms with Gasteiger partial charge in [0.1, 0.15) is 0 Å². The first-order valence-electron chi connectivity index (χ1n) is 10.3. The average molecular weight is 386 g/mol. The van der Waals surface area contributed by atoms with E-state index in [1.165, 1.54) is 29.5 Å². The van der Waals surface area contributed by atoms with E-state index in [2.05, 4.69) is 47.6 Å². The first kappa shape index (κ1) is 18.9. The van der Waals surface area contributed by atoms with E-state index in [0.29, 0.717) is 24.4 Å². The maximum absolute atomic E-state index is 8.96. The largest absolute Gasteiger partial charge is 0.395 e. The summed E-state index contributed by atoms with van der Waals surface area (Å²) in [4.78, 5) is 7.38. The minimum Gasteiger partial charge on any atom is -0.395 e. The Labute approximate surface area is 166 Å². The van der Waals surface area contributed by atoms with Gasteiger partial charge in [-0.25, -0.2) is 4.98 Å². The molecular weight excluding hydrogens is 354 g/mol. The molecule has 1 aromatic heterocycles. The van der Waals surface area contributed by atoms with Crippen LogP contribution in [0.25, 0.3) is 11.3 Å². The molecular formula is C22H31N3OS. The molecule has 0 amide bonds. The van der Waals surface area contributed by atoms with Crippen LogP contribution in [0.1, 0.15) is 62.5 Å². The Morgan fingerprint density at radius 1 is 1.11 bits per heavy atom. The van der Waals surface area contributed by atoms with Crippen LogP contribution < -0.4 is 10.2 Å². The Kier molecular flexibility index (Phi) is 5.81. The maximum atomic E-state index is 8.96. The normalized spacial score (nSPS) is 23.4. The summed E-state index contributed by atoms with van der Waals surface area (Å²) in [6, 6.07) is 7.51. The number of rotatable bonds is 5. The van der Waals surface area contributed by atoms with Gasteiger partial charge in [0.15, 0.2) is 5.13 Å². The molecule has 2 aromatic rings. The molecule has 146 valence electrons. The van der Waals surface area contributed by atoms with Gasteiger partial charge in [-0.3, -0.25) is 0 Å². The summed E-state index contributed by atoms with van der Waals surface area (Å²) in [5.74, 6) is 1.33. The van der Waals surface area contributed by atoms with Gasteiger partial charge in [-0.05, 0) is 54.7 Å². The number of aliphatic hydroxyl groups excluding tert-OH is 1. The molecule has 1 aliphatic carbocycles. The highest BCUT2D eigenvalue weighted by Gasteiger charge is 2.24. The molecule has 1 aliphatic heterocycles. The van der Waals surface area contributed by atoms with Crippen LogP contribution in [-0.2, 0) is 0 Å². The predicted octanol–water partition coefficient (Wildman–Crippen LogP) is 4.36. The molecule has 0 bridgehead atoms. The molecule has 4 nitrogen and oxygen atoms in total. The molecule has 27 heavy (non-hydrogen) atoms. The SMILES string of the molecule is CC1CCC(C)c2cc(-c3csc(N4CCC(NCCO)CC4)n3)ccc21. The molecule has 0 spiro atoms. The number of hydrogen-bond acceptors (Lipinski definition) is 5. The number of fused-ring (bicyclic) bond motifs is 1. The van der Waals surface area contributed by atoms with E-state index in [0.717, 1.165) is 36.8 Å². The first-order valence-corrected chi connectivity index (χ1v) is 11.2. The zero-order chi connectivity index (χ0) is 18.8. The summed E-state index contributed by atoms with van der Waals surface area (Å²) in [5.41, 5.74) is 5.43. The van der Waals surface area contributed by atoms with Gasteiger partial charge in [0.2, 0.25) is 0 Å². The summed E-state index contributed by atoms with van der Waals surface area (Å²) in [6.07, 6.45) is 4.82. The fourth-order valence-corrected chi connectivity index (χ4v) is 5.39. The topological polar surface area (TPSA) is 48.4 Å². The smallest absolute Gasteiger partial charge is 0.185 e. The Morgan fingerprint density at radius 3 is 2.59 bits per heavy atom. The van der Waals surface area contributed by atoms with Gasteiger partial charge in [-0.1, -0.05) is 26.0 Å². The third-order valence-corrected chi connectivity index (χ3v) is 7.18. The van der Waals surface area contributed by atoms with Crippen molar-refractivity contribution in [1.29, 1.82) is 0 Å². The first-order chi connectivity index (χ1) is 13.2. The Bertz CT molecular complexity index is 767. The zero-order valence-corrected chi connectivity index (χ0v) is 17.3. The van der Waals surface area contributed by atoms with E-state index in [-0.39, 0.29) is 6.61 Å². The molecule has 2 N–H and O–H groups in total. The van der Waals surface area contributed by atoms with Gasteiger partial charge < -0.3 is 15.3 Å². The van der Waals surface area contributed by atoms with E-state index in [9.17, 15) is 0 Å². The second-order valence-electron chi connectivity index (χ2n) is 8.18. The predicted molar refractivity (Wildman–Crippen MR) is 114 cm³/mol. The molecule has 4 rings (SSSR count). The van der Waals surface area contributed by atoms with Crippen LogP contribution in [0.4, 0.5) is 5.13 Å². The average Bonchev–Trinajstić information content (AvgIpc) is 3.20. The molecule has 2 heterocycles. The number of aromatic nitrogens is 1.